The van der Waals surface area contributed by atoms with Crippen LogP contribution >= 0.6 is 0 Å². The molecule has 6 atom stereocenters. The van der Waals surface area contributed by atoms with Gasteiger partial charge in [0.2, 0.25) is 0 Å². The van der Waals surface area contributed by atoms with Crippen molar-refractivity contribution >= 4 is 0 Å². The Balaban J connectivity index is 1.73. The second-order valence-electron chi connectivity index (χ2n) is 6.42. The molecule has 0 heterocycles. The van der Waals surface area contributed by atoms with Gasteiger partial charge in [-0.2, -0.15) is 0 Å². The van der Waals surface area contributed by atoms with Gasteiger partial charge >= 0.3 is 0 Å². The summed E-state index contributed by atoms with van der Waals surface area (Å²) in [6, 6.07) is 10.9. The highest BCUT2D eigenvalue weighted by atomic mass is 16.3. The fourth-order valence-corrected chi connectivity index (χ4v) is 5.08. The predicted octanol–water partition coefficient (Wildman–Crippen LogP) is 3.20. The average molecular weight is 228 g/mol. The van der Waals surface area contributed by atoms with E-state index in [1.165, 1.54) is 31.2 Å². The molecule has 1 heteroatoms. The minimum absolute atomic E-state index is 0.0204. The first kappa shape index (κ1) is 10.1. The second-order valence-corrected chi connectivity index (χ2v) is 6.42. The molecule has 0 aromatic heterocycles. The topological polar surface area (TPSA) is 20.2 Å². The van der Waals surface area contributed by atoms with Crippen molar-refractivity contribution < 1.29 is 5.11 Å². The number of rotatable bonds is 1. The summed E-state index contributed by atoms with van der Waals surface area (Å²) in [4.78, 5) is 0. The third-order valence-corrected chi connectivity index (χ3v) is 5.56. The van der Waals surface area contributed by atoms with E-state index in [9.17, 15) is 5.11 Å². The van der Waals surface area contributed by atoms with Crippen LogP contribution in [0.15, 0.2) is 30.3 Å². The van der Waals surface area contributed by atoms with Gasteiger partial charge in [-0.05, 0) is 60.8 Å². The van der Waals surface area contributed by atoms with Crippen LogP contribution in [0.4, 0.5) is 0 Å². The lowest BCUT2D eigenvalue weighted by Crippen LogP contribution is -2.52. The highest BCUT2D eigenvalue weighted by molar-refractivity contribution is 5.25. The van der Waals surface area contributed by atoms with Gasteiger partial charge in [0.15, 0.2) is 0 Å². The van der Waals surface area contributed by atoms with E-state index in [2.05, 4.69) is 30.3 Å². The van der Waals surface area contributed by atoms with Crippen LogP contribution in [0.5, 0.6) is 0 Å². The Kier molecular flexibility index (Phi) is 2.14. The van der Waals surface area contributed by atoms with Crippen molar-refractivity contribution in [2.75, 3.05) is 0 Å². The minimum Gasteiger partial charge on any atom is -0.393 e. The maximum absolute atomic E-state index is 10.5. The largest absolute Gasteiger partial charge is 0.393 e. The van der Waals surface area contributed by atoms with Crippen LogP contribution in [0.3, 0.4) is 0 Å². The van der Waals surface area contributed by atoms with Crippen molar-refractivity contribution in [3.05, 3.63) is 35.9 Å². The molecule has 90 valence electrons. The van der Waals surface area contributed by atoms with Gasteiger partial charge in [-0.1, -0.05) is 30.3 Å². The standard InChI is InChI=1S/C16H20O/c17-16-13-7-10-6-12(9-13)15(14(16)8-10)11-4-2-1-3-5-11/h1-5,10,12-17H,6-9H2. The molecule has 4 aliphatic carbocycles. The number of hydrogen-bond acceptors (Lipinski definition) is 1. The van der Waals surface area contributed by atoms with Crippen molar-refractivity contribution in [3.8, 4) is 0 Å². The quantitative estimate of drug-likeness (QED) is 0.782. The monoisotopic (exact) mass is 228 g/mol. The SMILES string of the molecule is OC1C2CC3CC(C2)C(c2ccccc2)C1C3. The molecule has 0 radical (unpaired) electrons. The molecule has 4 fully saturated rings. The molecule has 0 amide bonds. The van der Waals surface area contributed by atoms with Crippen LogP contribution in [0.2, 0.25) is 0 Å². The van der Waals surface area contributed by atoms with Gasteiger partial charge < -0.3 is 5.11 Å². The highest BCUT2D eigenvalue weighted by Crippen LogP contribution is 2.59. The molecular weight excluding hydrogens is 208 g/mol. The lowest BCUT2D eigenvalue weighted by Gasteiger charge is -2.57. The molecule has 1 nitrogen and oxygen atoms in total. The molecule has 1 N–H and O–H groups in total. The Hall–Kier alpha value is -0.820. The maximum atomic E-state index is 10.5. The molecule has 5 rings (SSSR count). The number of benzene rings is 1. The van der Waals surface area contributed by atoms with Gasteiger partial charge in [-0.3, -0.25) is 0 Å². The summed E-state index contributed by atoms with van der Waals surface area (Å²) in [5.74, 6) is 3.58. The number of aliphatic hydroxyl groups excluding tert-OH is 1. The van der Waals surface area contributed by atoms with Gasteiger partial charge in [-0.25, -0.2) is 0 Å². The van der Waals surface area contributed by atoms with E-state index in [4.69, 9.17) is 0 Å². The van der Waals surface area contributed by atoms with E-state index in [0.29, 0.717) is 17.8 Å². The minimum atomic E-state index is -0.0204. The van der Waals surface area contributed by atoms with E-state index >= 15 is 0 Å². The summed E-state index contributed by atoms with van der Waals surface area (Å²) in [5.41, 5.74) is 1.47. The molecule has 0 aliphatic heterocycles. The predicted molar refractivity (Wildman–Crippen MR) is 67.6 cm³/mol. The van der Waals surface area contributed by atoms with Crippen LogP contribution in [0.1, 0.15) is 37.2 Å². The number of aliphatic hydroxyl groups is 1. The first-order valence-corrected chi connectivity index (χ1v) is 7.06. The smallest absolute Gasteiger partial charge is 0.0602 e. The first-order chi connectivity index (χ1) is 8.33. The Bertz CT molecular complexity index is 413. The fraction of sp³-hybridized carbons (Fsp3) is 0.625. The zero-order valence-electron chi connectivity index (χ0n) is 10.1. The van der Waals surface area contributed by atoms with Crippen molar-refractivity contribution in [1.82, 2.24) is 0 Å². The van der Waals surface area contributed by atoms with Gasteiger partial charge in [0.1, 0.15) is 0 Å². The van der Waals surface area contributed by atoms with Crippen LogP contribution in [-0.2, 0) is 0 Å². The molecule has 4 bridgehead atoms. The molecule has 1 aromatic carbocycles. The molecule has 0 saturated heterocycles. The normalized spacial score (nSPS) is 47.4. The Morgan fingerprint density at radius 3 is 2.47 bits per heavy atom. The molecular formula is C16H20O. The third-order valence-electron chi connectivity index (χ3n) is 5.56. The molecule has 4 aliphatic rings. The van der Waals surface area contributed by atoms with Crippen molar-refractivity contribution in [2.45, 2.75) is 37.7 Å². The van der Waals surface area contributed by atoms with Crippen LogP contribution in [0.25, 0.3) is 0 Å². The highest BCUT2D eigenvalue weighted by Gasteiger charge is 2.53. The summed E-state index contributed by atoms with van der Waals surface area (Å²) in [6.07, 6.45) is 5.24. The van der Waals surface area contributed by atoms with Crippen LogP contribution in [-0.4, -0.2) is 11.2 Å². The van der Waals surface area contributed by atoms with Gasteiger partial charge in [0, 0.05) is 0 Å². The number of hydrogen-bond donors (Lipinski definition) is 1. The fourth-order valence-electron chi connectivity index (χ4n) is 5.08. The van der Waals surface area contributed by atoms with Crippen LogP contribution in [0, 0.1) is 23.7 Å². The maximum Gasteiger partial charge on any atom is 0.0602 e. The average Bonchev–Trinajstić information content (AvgIpc) is 2.36. The Morgan fingerprint density at radius 1 is 0.882 bits per heavy atom. The molecule has 0 spiro atoms. The van der Waals surface area contributed by atoms with E-state index in [0.717, 1.165) is 11.8 Å². The molecule has 17 heavy (non-hydrogen) atoms. The Labute approximate surface area is 103 Å². The third kappa shape index (κ3) is 1.41. The summed E-state index contributed by atoms with van der Waals surface area (Å²) < 4.78 is 0. The Morgan fingerprint density at radius 2 is 1.65 bits per heavy atom. The van der Waals surface area contributed by atoms with Crippen molar-refractivity contribution in [3.63, 3.8) is 0 Å². The van der Waals surface area contributed by atoms with E-state index in [-0.39, 0.29) is 6.10 Å². The van der Waals surface area contributed by atoms with Crippen LogP contribution < -0.4 is 0 Å². The summed E-state index contributed by atoms with van der Waals surface area (Å²) in [5, 5.41) is 10.5. The summed E-state index contributed by atoms with van der Waals surface area (Å²) in [7, 11) is 0. The van der Waals surface area contributed by atoms with E-state index in [1.807, 2.05) is 0 Å². The van der Waals surface area contributed by atoms with Crippen molar-refractivity contribution in [1.29, 1.82) is 0 Å². The summed E-state index contributed by atoms with van der Waals surface area (Å²) in [6.45, 7) is 0. The van der Waals surface area contributed by atoms with Crippen molar-refractivity contribution in [2.24, 2.45) is 23.7 Å². The second kappa shape index (κ2) is 3.58. The molecule has 6 unspecified atom stereocenters. The zero-order valence-corrected chi connectivity index (χ0v) is 10.1. The van der Waals surface area contributed by atoms with Gasteiger partial charge in [0.25, 0.3) is 0 Å². The lowest BCUT2D eigenvalue weighted by molar-refractivity contribution is -0.107. The lowest BCUT2D eigenvalue weighted by atomic mass is 9.49. The zero-order chi connectivity index (χ0) is 11.4. The summed E-state index contributed by atoms with van der Waals surface area (Å²) >= 11 is 0. The molecule has 1 aromatic rings. The van der Waals surface area contributed by atoms with Gasteiger partial charge in [0.05, 0.1) is 6.10 Å². The van der Waals surface area contributed by atoms with E-state index in [1.54, 1.807) is 0 Å². The first-order valence-electron chi connectivity index (χ1n) is 7.06. The van der Waals surface area contributed by atoms with Gasteiger partial charge in [-0.15, -0.1) is 0 Å². The van der Waals surface area contributed by atoms with E-state index < -0.39 is 0 Å². The molecule has 4 saturated carbocycles.